The summed E-state index contributed by atoms with van der Waals surface area (Å²) in [4.78, 5) is 12.5. The third-order valence-electron chi connectivity index (χ3n) is 0.129. The molecule has 0 saturated carbocycles. The van der Waals surface area contributed by atoms with Crippen molar-refractivity contribution in [1.29, 1.82) is 0 Å². The fourth-order valence-electron chi connectivity index (χ4n) is 0. The van der Waals surface area contributed by atoms with Crippen molar-refractivity contribution in [2.24, 2.45) is 0 Å². The molecule has 0 aliphatic carbocycles. The van der Waals surface area contributed by atoms with Crippen LogP contribution >= 0.6 is 0 Å². The molecule has 0 saturated heterocycles. The molecule has 0 radical (unpaired) electrons. The maximum atomic E-state index is 9.34. The van der Waals surface area contributed by atoms with Crippen molar-refractivity contribution in [3.05, 3.63) is 0 Å². The first-order valence-corrected chi connectivity index (χ1v) is 1.09. The smallest absolute Gasteiger partial charge is 0.870 e. The average Bonchev–Trinajstić information content (AvgIpc) is 1.38. The molecule has 0 unspecified atom stereocenters. The van der Waals surface area contributed by atoms with E-state index in [9.17, 15) is 4.79 Å². The van der Waals surface area contributed by atoms with Crippen molar-refractivity contribution in [2.45, 2.75) is 6.92 Å². The summed E-state index contributed by atoms with van der Waals surface area (Å²) < 4.78 is 0. The molecule has 0 amide bonds. The van der Waals surface area contributed by atoms with E-state index in [0.29, 0.717) is 0 Å². The molecule has 0 rings (SSSR count). The van der Waals surface area contributed by atoms with Crippen LogP contribution in [0.5, 0.6) is 0 Å². The molecular formula is C2H5NaO4. The minimum absolute atomic E-state index is 0. The van der Waals surface area contributed by atoms with Crippen molar-refractivity contribution < 1.29 is 50.0 Å². The van der Waals surface area contributed by atoms with Gasteiger partial charge in [0, 0.05) is 6.92 Å². The van der Waals surface area contributed by atoms with Crippen molar-refractivity contribution in [1.82, 2.24) is 0 Å². The number of hydrogen-bond acceptors (Lipinski definition) is 4. The van der Waals surface area contributed by atoms with E-state index in [0.717, 1.165) is 6.92 Å². The zero-order chi connectivity index (χ0) is 4.28. The average molecular weight is 116 g/mol. The van der Waals surface area contributed by atoms with Crippen LogP contribution in [0.3, 0.4) is 0 Å². The Hall–Kier alpha value is 0.390. The van der Waals surface area contributed by atoms with E-state index in [-0.39, 0.29) is 35.0 Å². The van der Waals surface area contributed by atoms with Gasteiger partial charge in [0.1, 0.15) is 0 Å². The Labute approximate surface area is 63.0 Å². The summed E-state index contributed by atoms with van der Waals surface area (Å²) in [5.74, 6) is -0.690. The van der Waals surface area contributed by atoms with Crippen LogP contribution in [0.2, 0.25) is 0 Å². The first-order valence-electron chi connectivity index (χ1n) is 1.09. The van der Waals surface area contributed by atoms with E-state index in [1.807, 2.05) is 0 Å². The second-order valence-corrected chi connectivity index (χ2v) is 0.583. The minimum Gasteiger partial charge on any atom is -0.870 e. The number of rotatable bonds is 0. The van der Waals surface area contributed by atoms with Gasteiger partial charge in [-0.2, -0.15) is 5.26 Å². The third kappa shape index (κ3) is 21.6. The summed E-state index contributed by atoms with van der Waals surface area (Å²) in [6, 6.07) is 0. The molecule has 0 fully saturated rings. The molecule has 0 atom stereocenters. The number of carbonyl (C=O) groups is 1. The number of carbonyl (C=O) groups excluding carboxylic acids is 1. The van der Waals surface area contributed by atoms with Crippen molar-refractivity contribution in [3.8, 4) is 0 Å². The molecule has 0 heterocycles. The molecule has 38 valence electrons. The summed E-state index contributed by atoms with van der Waals surface area (Å²) in [6.07, 6.45) is 0. The summed E-state index contributed by atoms with van der Waals surface area (Å²) >= 11 is 0. The van der Waals surface area contributed by atoms with Gasteiger partial charge in [-0.15, -0.1) is 0 Å². The van der Waals surface area contributed by atoms with Gasteiger partial charge in [-0.25, -0.2) is 4.79 Å². The first kappa shape index (κ1) is 15.7. The van der Waals surface area contributed by atoms with Gasteiger partial charge < -0.3 is 10.4 Å². The SMILES string of the molecule is CC(=O)OO.[Na+].[OH-]. The van der Waals surface area contributed by atoms with E-state index < -0.39 is 5.97 Å². The van der Waals surface area contributed by atoms with Crippen LogP contribution < -0.4 is 29.6 Å². The van der Waals surface area contributed by atoms with Crippen LogP contribution in [-0.4, -0.2) is 16.7 Å². The van der Waals surface area contributed by atoms with Crippen LogP contribution in [0.1, 0.15) is 6.92 Å². The van der Waals surface area contributed by atoms with Gasteiger partial charge in [0.2, 0.25) is 0 Å². The monoisotopic (exact) mass is 116 g/mol. The van der Waals surface area contributed by atoms with Gasteiger partial charge in [0.25, 0.3) is 0 Å². The molecule has 0 bridgehead atoms. The summed E-state index contributed by atoms with van der Waals surface area (Å²) in [5, 5.41) is 7.29. The largest absolute Gasteiger partial charge is 1.00 e. The number of hydrogen-bond donors (Lipinski definition) is 1. The molecule has 0 aromatic heterocycles. The Kier molecular flexibility index (Phi) is 21.5. The van der Waals surface area contributed by atoms with Gasteiger partial charge in [-0.3, -0.25) is 0 Å². The maximum Gasteiger partial charge on any atom is 1.00 e. The normalized spacial score (nSPS) is 4.86. The van der Waals surface area contributed by atoms with Crippen LogP contribution in [0.25, 0.3) is 0 Å². The van der Waals surface area contributed by atoms with E-state index >= 15 is 0 Å². The van der Waals surface area contributed by atoms with Gasteiger partial charge in [0.15, 0.2) is 0 Å². The van der Waals surface area contributed by atoms with Gasteiger partial charge in [-0.05, 0) is 0 Å². The third-order valence-corrected chi connectivity index (χ3v) is 0.129. The summed E-state index contributed by atoms with van der Waals surface area (Å²) in [5.41, 5.74) is 0. The molecule has 5 heteroatoms. The van der Waals surface area contributed by atoms with Gasteiger partial charge in [0.05, 0.1) is 0 Å². The molecule has 0 aromatic rings. The molecule has 2 N–H and O–H groups in total. The summed E-state index contributed by atoms with van der Waals surface area (Å²) in [7, 11) is 0. The molecule has 0 spiro atoms. The second kappa shape index (κ2) is 9.63. The molecule has 0 aromatic carbocycles. The van der Waals surface area contributed by atoms with Crippen LogP contribution in [-0.2, 0) is 9.68 Å². The Balaban J connectivity index is -0.0000000800. The Bertz CT molecular complexity index is 45.0. The standard InChI is InChI=1S/C2H4O3.Na.H2O/c1-2(3)5-4;;/h4H,1H3;;1H2/q;+1;/p-1. The molecule has 4 nitrogen and oxygen atoms in total. The zero-order valence-electron chi connectivity index (χ0n) is 4.21. The van der Waals surface area contributed by atoms with E-state index in [1.54, 1.807) is 0 Å². The molecular weight excluding hydrogens is 111 g/mol. The van der Waals surface area contributed by atoms with Crippen molar-refractivity contribution in [3.63, 3.8) is 0 Å². The predicted octanol–water partition coefficient (Wildman–Crippen LogP) is -3.15. The fourth-order valence-corrected chi connectivity index (χ4v) is 0. The Morgan fingerprint density at radius 3 is 1.86 bits per heavy atom. The Morgan fingerprint density at radius 2 is 1.86 bits per heavy atom. The quantitative estimate of drug-likeness (QED) is 0.206. The predicted molar refractivity (Wildman–Crippen MR) is 16.3 cm³/mol. The molecule has 0 aliphatic heterocycles. The minimum atomic E-state index is -0.690. The first-order chi connectivity index (χ1) is 2.27. The zero-order valence-corrected chi connectivity index (χ0v) is 6.21. The van der Waals surface area contributed by atoms with Crippen molar-refractivity contribution >= 4 is 5.97 Å². The van der Waals surface area contributed by atoms with E-state index in [1.165, 1.54) is 0 Å². The van der Waals surface area contributed by atoms with E-state index in [4.69, 9.17) is 5.26 Å². The van der Waals surface area contributed by atoms with Crippen LogP contribution in [0.15, 0.2) is 0 Å². The topological polar surface area (TPSA) is 76.5 Å². The fraction of sp³-hybridized carbons (Fsp3) is 0.500. The maximum absolute atomic E-state index is 9.34. The Morgan fingerprint density at radius 1 is 1.71 bits per heavy atom. The summed E-state index contributed by atoms with van der Waals surface area (Å²) in [6.45, 7) is 1.11. The molecule has 0 aliphatic rings. The van der Waals surface area contributed by atoms with Crippen molar-refractivity contribution in [2.75, 3.05) is 0 Å². The van der Waals surface area contributed by atoms with Crippen LogP contribution in [0.4, 0.5) is 0 Å². The van der Waals surface area contributed by atoms with Gasteiger partial charge >= 0.3 is 35.5 Å². The van der Waals surface area contributed by atoms with Crippen LogP contribution in [0, 0.1) is 0 Å². The van der Waals surface area contributed by atoms with Gasteiger partial charge in [-0.1, -0.05) is 0 Å². The molecule has 7 heavy (non-hydrogen) atoms. The van der Waals surface area contributed by atoms with E-state index in [2.05, 4.69) is 4.89 Å². The second-order valence-electron chi connectivity index (χ2n) is 0.583.